The van der Waals surface area contributed by atoms with E-state index in [4.69, 9.17) is 0 Å². The number of rotatable bonds is 5. The molecule has 2 aliphatic heterocycles. The van der Waals surface area contributed by atoms with E-state index in [1.807, 2.05) is 18.2 Å². The molecule has 5 aliphatic rings. The highest BCUT2D eigenvalue weighted by Gasteiger charge is 2.56. The van der Waals surface area contributed by atoms with Crippen molar-refractivity contribution in [2.45, 2.75) is 18.9 Å². The van der Waals surface area contributed by atoms with Gasteiger partial charge in [0, 0.05) is 38.9 Å². The average molecular weight is 396 g/mol. The Morgan fingerprint density at radius 2 is 1.62 bits per heavy atom. The average Bonchev–Trinajstić information content (AvgIpc) is 3.03. The third-order valence-corrected chi connectivity index (χ3v) is 7.06. The number of imide groups is 1. The van der Waals surface area contributed by atoms with Crippen molar-refractivity contribution in [2.24, 2.45) is 23.7 Å². The highest BCUT2D eigenvalue weighted by molar-refractivity contribution is 6.06. The largest absolute Gasteiger partial charge is 0.390 e. The Hall–Kier alpha value is -2.25. The Kier molecular flexibility index (Phi) is 4.87. The number of nitrogens with zero attached hydrogens (tertiary/aromatic N) is 4. The Morgan fingerprint density at radius 1 is 0.966 bits per heavy atom. The number of pyridine rings is 1. The second kappa shape index (κ2) is 7.54. The predicted octanol–water partition coefficient (Wildman–Crippen LogP) is 0.762. The molecular formula is C22H28N4O3. The number of fused-ring (bicyclic) bond motifs is 1. The SMILES string of the molecule is O=C1C2C3C=CC(CC3)C2C(=O)N1CC(O)CN1CCN(c2ccccn2)CC1. The summed E-state index contributed by atoms with van der Waals surface area (Å²) in [5, 5.41) is 10.6. The van der Waals surface area contributed by atoms with Crippen LogP contribution in [-0.4, -0.2) is 77.1 Å². The monoisotopic (exact) mass is 396 g/mol. The molecule has 1 aromatic rings. The van der Waals surface area contributed by atoms with Crippen LogP contribution in [0.5, 0.6) is 0 Å². The zero-order valence-electron chi connectivity index (χ0n) is 16.6. The van der Waals surface area contributed by atoms with Gasteiger partial charge >= 0.3 is 0 Å². The number of amides is 2. The van der Waals surface area contributed by atoms with Crippen molar-refractivity contribution in [3.8, 4) is 0 Å². The number of hydrogen-bond acceptors (Lipinski definition) is 6. The van der Waals surface area contributed by atoms with Crippen LogP contribution in [0.4, 0.5) is 5.82 Å². The van der Waals surface area contributed by atoms with E-state index in [0.717, 1.165) is 44.8 Å². The zero-order chi connectivity index (χ0) is 20.0. The van der Waals surface area contributed by atoms with Gasteiger partial charge in [0.25, 0.3) is 0 Å². The second-order valence-electron chi connectivity index (χ2n) is 8.76. The third kappa shape index (κ3) is 3.36. The minimum Gasteiger partial charge on any atom is -0.390 e. The van der Waals surface area contributed by atoms with Gasteiger partial charge in [-0.1, -0.05) is 18.2 Å². The molecule has 0 spiro atoms. The van der Waals surface area contributed by atoms with Crippen LogP contribution in [0, 0.1) is 23.7 Å². The van der Waals surface area contributed by atoms with E-state index < -0.39 is 6.10 Å². The summed E-state index contributed by atoms with van der Waals surface area (Å²) >= 11 is 0. The molecular weight excluding hydrogens is 368 g/mol. The van der Waals surface area contributed by atoms with Crippen LogP contribution in [-0.2, 0) is 9.59 Å². The van der Waals surface area contributed by atoms with Gasteiger partial charge in [-0.3, -0.25) is 19.4 Å². The lowest BCUT2D eigenvalue weighted by Gasteiger charge is -2.38. The van der Waals surface area contributed by atoms with Crippen molar-refractivity contribution >= 4 is 17.6 Å². The first-order valence-electron chi connectivity index (χ1n) is 10.7. The van der Waals surface area contributed by atoms with Crippen molar-refractivity contribution in [2.75, 3.05) is 44.2 Å². The molecule has 7 heteroatoms. The summed E-state index contributed by atoms with van der Waals surface area (Å²) in [6, 6.07) is 5.91. The molecule has 2 amide bonds. The number of carbonyl (C=O) groups is 2. The number of aromatic nitrogens is 1. The van der Waals surface area contributed by atoms with Crippen LogP contribution in [0.1, 0.15) is 12.8 Å². The van der Waals surface area contributed by atoms with Crippen LogP contribution >= 0.6 is 0 Å². The lowest BCUT2D eigenvalue weighted by atomic mass is 9.63. The molecule has 1 aromatic heterocycles. The number of aliphatic hydroxyl groups excluding tert-OH is 1. The normalized spacial score (nSPS) is 32.7. The minimum atomic E-state index is -0.713. The van der Waals surface area contributed by atoms with Crippen molar-refractivity contribution < 1.29 is 14.7 Å². The first kappa shape index (κ1) is 18.8. The van der Waals surface area contributed by atoms with Gasteiger partial charge in [-0.05, 0) is 36.8 Å². The first-order chi connectivity index (χ1) is 14.1. The van der Waals surface area contributed by atoms with E-state index in [1.165, 1.54) is 4.90 Å². The minimum absolute atomic E-state index is 0.0712. The number of allylic oxidation sites excluding steroid dienone is 2. The molecule has 5 unspecified atom stereocenters. The number of likely N-dealkylation sites (tertiary alicyclic amines) is 1. The Morgan fingerprint density at radius 3 is 2.17 bits per heavy atom. The van der Waals surface area contributed by atoms with Crippen LogP contribution in [0.2, 0.25) is 0 Å². The number of β-amino-alcohol motifs (C(OH)–C–C–N with tert-alkyl or cyclic N) is 1. The van der Waals surface area contributed by atoms with Crippen molar-refractivity contribution in [3.05, 3.63) is 36.5 Å². The first-order valence-corrected chi connectivity index (χ1v) is 10.7. The fourth-order valence-corrected chi connectivity index (χ4v) is 5.58. The van der Waals surface area contributed by atoms with Gasteiger partial charge in [0.15, 0.2) is 0 Å². The van der Waals surface area contributed by atoms with Crippen LogP contribution in [0.3, 0.4) is 0 Å². The van der Waals surface area contributed by atoms with Gasteiger partial charge in [-0.25, -0.2) is 4.98 Å². The van der Waals surface area contributed by atoms with E-state index in [9.17, 15) is 14.7 Å². The summed E-state index contributed by atoms with van der Waals surface area (Å²) in [6.45, 7) is 3.96. The van der Waals surface area contributed by atoms with Crippen molar-refractivity contribution in [1.82, 2.24) is 14.8 Å². The zero-order valence-corrected chi connectivity index (χ0v) is 16.6. The standard InChI is InChI=1S/C22H28N4O3/c27-17(13-24-9-11-25(12-10-24)18-3-1-2-8-23-18)14-26-21(28)19-15-4-5-16(7-6-15)20(19)22(26)29/h1-5,8,15-17,19-20,27H,6-7,9-14H2. The molecule has 2 bridgehead atoms. The van der Waals surface area contributed by atoms with Gasteiger partial charge in [0.05, 0.1) is 24.5 Å². The summed E-state index contributed by atoms with van der Waals surface area (Å²) in [7, 11) is 0. The Bertz CT molecular complexity index is 774. The van der Waals surface area contributed by atoms with E-state index >= 15 is 0 Å². The number of anilines is 1. The molecule has 0 aromatic carbocycles. The molecule has 6 rings (SSSR count). The summed E-state index contributed by atoms with van der Waals surface area (Å²) in [5.41, 5.74) is 0. The lowest BCUT2D eigenvalue weighted by molar-refractivity contribution is -0.142. The van der Waals surface area contributed by atoms with Gasteiger partial charge in [-0.15, -0.1) is 0 Å². The summed E-state index contributed by atoms with van der Waals surface area (Å²) in [6.07, 6.45) is 7.34. The smallest absolute Gasteiger partial charge is 0.233 e. The third-order valence-electron chi connectivity index (χ3n) is 7.06. The Labute approximate surface area is 171 Å². The maximum Gasteiger partial charge on any atom is 0.233 e. The molecule has 29 heavy (non-hydrogen) atoms. The molecule has 2 saturated heterocycles. The number of carbonyl (C=O) groups excluding carboxylic acids is 2. The fraction of sp³-hybridized carbons (Fsp3) is 0.591. The van der Waals surface area contributed by atoms with Gasteiger partial charge < -0.3 is 10.0 Å². The Balaban J connectivity index is 1.15. The summed E-state index contributed by atoms with van der Waals surface area (Å²) in [4.78, 5) is 36.0. The molecule has 3 aliphatic carbocycles. The molecule has 0 radical (unpaired) electrons. The molecule has 5 atom stereocenters. The van der Waals surface area contributed by atoms with Crippen LogP contribution in [0.15, 0.2) is 36.5 Å². The van der Waals surface area contributed by atoms with Crippen molar-refractivity contribution in [3.63, 3.8) is 0 Å². The molecule has 3 heterocycles. The van der Waals surface area contributed by atoms with E-state index in [0.29, 0.717) is 6.54 Å². The van der Waals surface area contributed by atoms with Gasteiger partial charge in [-0.2, -0.15) is 0 Å². The second-order valence-corrected chi connectivity index (χ2v) is 8.76. The van der Waals surface area contributed by atoms with Gasteiger partial charge in [0.1, 0.15) is 5.82 Å². The highest BCUT2D eigenvalue weighted by atomic mass is 16.3. The predicted molar refractivity (Wildman–Crippen MR) is 108 cm³/mol. The molecule has 7 nitrogen and oxygen atoms in total. The molecule has 1 saturated carbocycles. The van der Waals surface area contributed by atoms with Gasteiger partial charge in [0.2, 0.25) is 11.8 Å². The maximum absolute atomic E-state index is 12.9. The molecule has 154 valence electrons. The van der Waals surface area contributed by atoms with Crippen molar-refractivity contribution in [1.29, 1.82) is 0 Å². The van der Waals surface area contributed by atoms with Crippen LogP contribution < -0.4 is 4.90 Å². The summed E-state index contributed by atoms with van der Waals surface area (Å²) < 4.78 is 0. The quantitative estimate of drug-likeness (QED) is 0.585. The number of piperazine rings is 1. The number of aliphatic hydroxyl groups is 1. The van der Waals surface area contributed by atoms with E-state index in [2.05, 4.69) is 26.9 Å². The number of hydrogen-bond donors (Lipinski definition) is 1. The van der Waals surface area contributed by atoms with E-state index in [-0.39, 0.29) is 42.0 Å². The maximum atomic E-state index is 12.9. The van der Waals surface area contributed by atoms with Crippen LogP contribution in [0.25, 0.3) is 0 Å². The topological polar surface area (TPSA) is 77.0 Å². The summed E-state index contributed by atoms with van der Waals surface area (Å²) in [5.74, 6) is 0.843. The highest BCUT2D eigenvalue weighted by Crippen LogP contribution is 2.49. The lowest BCUT2D eigenvalue weighted by Crippen LogP contribution is -2.50. The molecule has 1 N–H and O–H groups in total. The molecule has 3 fully saturated rings. The fourth-order valence-electron chi connectivity index (χ4n) is 5.58. The van der Waals surface area contributed by atoms with E-state index in [1.54, 1.807) is 6.20 Å².